The Morgan fingerprint density at radius 3 is 2.20 bits per heavy atom. The molecule has 0 radical (unpaired) electrons. The molecule has 5 heterocycles. The van der Waals surface area contributed by atoms with Crippen LogP contribution in [0.4, 0.5) is 13.2 Å². The fourth-order valence-corrected chi connectivity index (χ4v) is 4.20. The molecule has 4 fully saturated rings. The highest BCUT2D eigenvalue weighted by Crippen LogP contribution is 2.33. The van der Waals surface area contributed by atoms with E-state index in [4.69, 9.17) is 4.74 Å². The lowest BCUT2D eigenvalue weighted by atomic mass is 10.1. The molecular weight excluding hydrogens is 339 g/mol. The quantitative estimate of drug-likeness (QED) is 0.591. The summed E-state index contributed by atoms with van der Waals surface area (Å²) in [6, 6.07) is 2.00. The van der Waals surface area contributed by atoms with Gasteiger partial charge in [-0.05, 0) is 12.1 Å². The third-order valence-corrected chi connectivity index (χ3v) is 4.86. The van der Waals surface area contributed by atoms with E-state index in [0.29, 0.717) is 4.48 Å². The summed E-state index contributed by atoms with van der Waals surface area (Å²) in [7, 11) is 1.21. The SMILES string of the molecule is COC(=O)c1ccc(C(F)(F)F)nc1C[N+]12CN3CN(CN(C3)C1)C2. The summed E-state index contributed by atoms with van der Waals surface area (Å²) in [6.07, 6.45) is -4.55. The van der Waals surface area contributed by atoms with Gasteiger partial charge >= 0.3 is 12.1 Å². The molecule has 0 amide bonds. The van der Waals surface area contributed by atoms with Gasteiger partial charge in [0.2, 0.25) is 0 Å². The number of hydrogen-bond acceptors (Lipinski definition) is 6. The highest BCUT2D eigenvalue weighted by molar-refractivity contribution is 5.90. The van der Waals surface area contributed by atoms with Crippen LogP contribution in [-0.4, -0.2) is 77.3 Å². The van der Waals surface area contributed by atoms with E-state index in [-0.39, 0.29) is 17.8 Å². The number of aromatic nitrogens is 1. The molecular formula is C15H19F3N5O2+. The van der Waals surface area contributed by atoms with E-state index in [9.17, 15) is 18.0 Å². The average Bonchev–Trinajstić information content (AvgIpc) is 2.51. The third-order valence-electron chi connectivity index (χ3n) is 4.86. The minimum atomic E-state index is -4.55. The number of rotatable bonds is 3. The molecule has 0 spiro atoms. The first-order chi connectivity index (χ1) is 11.8. The van der Waals surface area contributed by atoms with Crippen LogP contribution in [0.1, 0.15) is 21.7 Å². The number of hydrogen-bond donors (Lipinski definition) is 0. The maximum absolute atomic E-state index is 13.1. The minimum absolute atomic E-state index is 0.101. The highest BCUT2D eigenvalue weighted by atomic mass is 19.4. The van der Waals surface area contributed by atoms with E-state index >= 15 is 0 Å². The lowest BCUT2D eigenvalue weighted by Gasteiger charge is -2.60. The predicted molar refractivity (Wildman–Crippen MR) is 79.3 cm³/mol. The monoisotopic (exact) mass is 358 g/mol. The molecule has 0 atom stereocenters. The molecule has 4 bridgehead atoms. The molecule has 10 heteroatoms. The number of ether oxygens (including phenoxy) is 1. The predicted octanol–water partition coefficient (Wildman–Crippen LogP) is 0.896. The lowest BCUT2D eigenvalue weighted by molar-refractivity contribution is -0.991. The van der Waals surface area contributed by atoms with Crippen LogP contribution in [0.25, 0.3) is 0 Å². The Labute approximate surface area is 142 Å². The topological polar surface area (TPSA) is 48.9 Å². The van der Waals surface area contributed by atoms with E-state index in [0.717, 1.165) is 46.1 Å². The van der Waals surface area contributed by atoms with Crippen LogP contribution in [0.3, 0.4) is 0 Å². The minimum Gasteiger partial charge on any atom is -0.465 e. The third kappa shape index (κ3) is 2.99. The zero-order valence-corrected chi connectivity index (χ0v) is 13.8. The Kier molecular flexibility index (Phi) is 3.76. The maximum atomic E-state index is 13.1. The second-order valence-corrected chi connectivity index (χ2v) is 7.04. The van der Waals surface area contributed by atoms with Gasteiger partial charge in [-0.2, -0.15) is 13.2 Å². The fraction of sp³-hybridized carbons (Fsp3) is 0.600. The molecule has 4 saturated heterocycles. The summed E-state index contributed by atoms with van der Waals surface area (Å²) in [5.74, 6) is -0.661. The van der Waals surface area contributed by atoms with Gasteiger partial charge in [0.1, 0.15) is 37.9 Å². The highest BCUT2D eigenvalue weighted by Gasteiger charge is 2.49. The maximum Gasteiger partial charge on any atom is 0.433 e. The van der Waals surface area contributed by atoms with Crippen LogP contribution in [0, 0.1) is 0 Å². The van der Waals surface area contributed by atoms with Gasteiger partial charge in [-0.1, -0.05) is 0 Å². The second kappa shape index (κ2) is 5.63. The van der Waals surface area contributed by atoms with Crippen molar-refractivity contribution in [2.24, 2.45) is 0 Å². The number of esters is 1. The van der Waals surface area contributed by atoms with Crippen molar-refractivity contribution in [1.82, 2.24) is 19.7 Å². The molecule has 4 aliphatic heterocycles. The van der Waals surface area contributed by atoms with Crippen molar-refractivity contribution in [1.29, 1.82) is 0 Å². The molecule has 25 heavy (non-hydrogen) atoms. The van der Waals surface area contributed by atoms with Gasteiger partial charge in [-0.15, -0.1) is 0 Å². The van der Waals surface area contributed by atoms with Crippen molar-refractivity contribution < 1.29 is 27.2 Å². The van der Waals surface area contributed by atoms with Crippen LogP contribution < -0.4 is 0 Å². The van der Waals surface area contributed by atoms with Crippen LogP contribution in [0.2, 0.25) is 0 Å². The molecule has 5 rings (SSSR count). The molecule has 0 aromatic carbocycles. The Hall–Kier alpha value is -1.75. The number of carbonyl (C=O) groups is 1. The smallest absolute Gasteiger partial charge is 0.433 e. The Balaban J connectivity index is 1.70. The van der Waals surface area contributed by atoms with Crippen molar-refractivity contribution in [2.45, 2.75) is 12.7 Å². The van der Waals surface area contributed by atoms with E-state index in [1.54, 1.807) is 0 Å². The number of pyridine rings is 1. The van der Waals surface area contributed by atoms with E-state index in [1.807, 2.05) is 0 Å². The summed E-state index contributed by atoms with van der Waals surface area (Å²) in [6.45, 7) is 5.10. The zero-order valence-electron chi connectivity index (χ0n) is 13.8. The van der Waals surface area contributed by atoms with Crippen LogP contribution in [0.15, 0.2) is 12.1 Å². The summed E-state index contributed by atoms with van der Waals surface area (Å²) >= 11 is 0. The van der Waals surface area contributed by atoms with Crippen molar-refractivity contribution in [3.05, 3.63) is 29.1 Å². The first-order valence-electron chi connectivity index (χ1n) is 7.96. The molecule has 7 nitrogen and oxygen atoms in total. The standard InChI is InChI=1S/C15H19F3N5O2/c1-25-14(24)11-2-3-13(15(16,17)18)19-12(11)4-23-8-20-5-21(9-23)7-22(6-20)10-23/h2-3H,4-10H2,1H3/q+1. The van der Waals surface area contributed by atoms with Crippen LogP contribution in [-0.2, 0) is 17.5 Å². The number of nitrogens with zero attached hydrogens (tertiary/aromatic N) is 5. The van der Waals surface area contributed by atoms with Crippen LogP contribution in [0.5, 0.6) is 0 Å². The zero-order chi connectivity index (χ0) is 17.8. The fourth-order valence-electron chi connectivity index (χ4n) is 4.20. The van der Waals surface area contributed by atoms with Gasteiger partial charge in [-0.25, -0.2) is 24.5 Å². The van der Waals surface area contributed by atoms with Gasteiger partial charge < -0.3 is 4.74 Å². The van der Waals surface area contributed by atoms with Gasteiger partial charge in [0, 0.05) is 0 Å². The molecule has 0 unspecified atom stereocenters. The summed E-state index contributed by atoms with van der Waals surface area (Å²) < 4.78 is 44.5. The number of methoxy groups -OCH3 is 1. The van der Waals surface area contributed by atoms with Crippen LogP contribution >= 0.6 is 0 Å². The summed E-state index contributed by atoms with van der Waals surface area (Å²) in [4.78, 5) is 22.5. The van der Waals surface area contributed by atoms with Crippen molar-refractivity contribution in [3.63, 3.8) is 0 Å². The Bertz CT molecular complexity index is 674. The first-order valence-corrected chi connectivity index (χ1v) is 7.96. The first kappa shape index (κ1) is 16.7. The largest absolute Gasteiger partial charge is 0.465 e. The second-order valence-electron chi connectivity index (χ2n) is 7.04. The molecule has 0 N–H and O–H groups in total. The number of carbonyl (C=O) groups excluding carboxylic acids is 1. The number of alkyl halides is 3. The van der Waals surface area contributed by atoms with Crippen molar-refractivity contribution >= 4 is 5.97 Å². The number of halogens is 3. The van der Waals surface area contributed by atoms with Gasteiger partial charge in [0.25, 0.3) is 0 Å². The Morgan fingerprint density at radius 1 is 1.16 bits per heavy atom. The normalized spacial score (nSPS) is 33.5. The molecule has 4 aliphatic rings. The Morgan fingerprint density at radius 2 is 1.72 bits per heavy atom. The number of quaternary nitrogens is 1. The molecule has 0 saturated carbocycles. The molecule has 0 aliphatic carbocycles. The van der Waals surface area contributed by atoms with E-state index in [1.165, 1.54) is 13.2 Å². The van der Waals surface area contributed by atoms with E-state index in [2.05, 4.69) is 19.7 Å². The van der Waals surface area contributed by atoms with Gasteiger partial charge in [0.05, 0.1) is 32.7 Å². The van der Waals surface area contributed by atoms with Gasteiger partial charge in [-0.3, -0.25) is 4.48 Å². The molecule has 1 aromatic rings. The van der Waals surface area contributed by atoms with E-state index < -0.39 is 17.8 Å². The summed E-state index contributed by atoms with van der Waals surface area (Å²) in [5, 5.41) is 0. The molecule has 136 valence electrons. The summed E-state index contributed by atoms with van der Waals surface area (Å²) in [5.41, 5.74) is -0.735. The molecule has 1 aromatic heterocycles. The van der Waals surface area contributed by atoms with Crippen molar-refractivity contribution in [3.8, 4) is 0 Å². The van der Waals surface area contributed by atoms with Gasteiger partial charge in [0.15, 0.2) is 0 Å². The average molecular weight is 358 g/mol. The lowest BCUT2D eigenvalue weighted by Crippen LogP contribution is -2.78. The van der Waals surface area contributed by atoms with Crippen molar-refractivity contribution in [2.75, 3.05) is 47.1 Å².